The summed E-state index contributed by atoms with van der Waals surface area (Å²) < 4.78 is 5.43. The number of methoxy groups -OCH3 is 1. The van der Waals surface area contributed by atoms with E-state index in [1.165, 1.54) is 10.5 Å². The standard InChI is InChI=1S/C16H19NOS/c1-12-7-3-6-10-15(12)19-16(11-17)13-8-4-5-9-14(13)18-2/h3-10,16H,11,17H2,1-2H3. The van der Waals surface area contributed by atoms with E-state index in [1.807, 2.05) is 18.2 Å². The number of rotatable bonds is 5. The van der Waals surface area contributed by atoms with Crippen molar-refractivity contribution in [1.29, 1.82) is 0 Å². The number of benzene rings is 2. The highest BCUT2D eigenvalue weighted by Crippen LogP contribution is 2.39. The monoisotopic (exact) mass is 273 g/mol. The SMILES string of the molecule is COc1ccccc1C(CN)Sc1ccccc1C. The van der Waals surface area contributed by atoms with Gasteiger partial charge in [-0.3, -0.25) is 0 Å². The molecule has 2 nitrogen and oxygen atoms in total. The van der Waals surface area contributed by atoms with Gasteiger partial charge in [-0.15, -0.1) is 11.8 Å². The van der Waals surface area contributed by atoms with E-state index in [-0.39, 0.29) is 5.25 Å². The zero-order valence-corrected chi connectivity index (χ0v) is 12.1. The predicted octanol–water partition coefficient (Wildman–Crippen LogP) is 3.80. The molecule has 0 aromatic heterocycles. The molecule has 0 fully saturated rings. The van der Waals surface area contributed by atoms with E-state index in [0.717, 1.165) is 11.3 Å². The summed E-state index contributed by atoms with van der Waals surface area (Å²) in [5.41, 5.74) is 8.38. The van der Waals surface area contributed by atoms with Gasteiger partial charge >= 0.3 is 0 Å². The van der Waals surface area contributed by atoms with Crippen molar-refractivity contribution in [3.63, 3.8) is 0 Å². The van der Waals surface area contributed by atoms with Crippen LogP contribution in [0.1, 0.15) is 16.4 Å². The molecule has 2 aromatic carbocycles. The number of para-hydroxylation sites is 1. The first-order valence-electron chi connectivity index (χ1n) is 6.31. The van der Waals surface area contributed by atoms with Crippen LogP contribution in [0.4, 0.5) is 0 Å². The van der Waals surface area contributed by atoms with Crippen LogP contribution in [-0.2, 0) is 0 Å². The van der Waals surface area contributed by atoms with Crippen molar-refractivity contribution in [2.24, 2.45) is 5.73 Å². The second-order valence-electron chi connectivity index (χ2n) is 4.35. The van der Waals surface area contributed by atoms with Gasteiger partial charge in [-0.25, -0.2) is 0 Å². The van der Waals surface area contributed by atoms with Crippen LogP contribution in [0.5, 0.6) is 5.75 Å². The number of thioether (sulfide) groups is 1. The fourth-order valence-electron chi connectivity index (χ4n) is 2.01. The van der Waals surface area contributed by atoms with Gasteiger partial charge in [0.25, 0.3) is 0 Å². The van der Waals surface area contributed by atoms with E-state index in [4.69, 9.17) is 10.5 Å². The molecule has 3 heteroatoms. The maximum absolute atomic E-state index is 5.95. The van der Waals surface area contributed by atoms with Crippen molar-refractivity contribution < 1.29 is 4.74 Å². The van der Waals surface area contributed by atoms with E-state index in [0.29, 0.717) is 6.54 Å². The Kier molecular flexibility index (Phi) is 4.88. The number of nitrogens with two attached hydrogens (primary N) is 1. The minimum Gasteiger partial charge on any atom is -0.496 e. The van der Waals surface area contributed by atoms with Crippen LogP contribution >= 0.6 is 11.8 Å². The lowest BCUT2D eigenvalue weighted by molar-refractivity contribution is 0.409. The summed E-state index contributed by atoms with van der Waals surface area (Å²) >= 11 is 1.79. The molecule has 0 spiro atoms. The fraction of sp³-hybridized carbons (Fsp3) is 0.250. The fourth-order valence-corrected chi connectivity index (χ4v) is 3.15. The molecule has 0 bridgehead atoms. The molecule has 0 heterocycles. The summed E-state index contributed by atoms with van der Waals surface area (Å²) in [7, 11) is 1.70. The smallest absolute Gasteiger partial charge is 0.123 e. The summed E-state index contributed by atoms with van der Waals surface area (Å²) in [4.78, 5) is 1.27. The normalized spacial score (nSPS) is 12.2. The van der Waals surface area contributed by atoms with Gasteiger partial charge in [0.05, 0.1) is 12.4 Å². The molecule has 100 valence electrons. The average Bonchev–Trinajstić information content (AvgIpc) is 2.46. The van der Waals surface area contributed by atoms with Gasteiger partial charge in [-0.1, -0.05) is 36.4 Å². The lowest BCUT2D eigenvalue weighted by Crippen LogP contribution is -2.10. The third-order valence-electron chi connectivity index (χ3n) is 3.06. The van der Waals surface area contributed by atoms with E-state index < -0.39 is 0 Å². The van der Waals surface area contributed by atoms with E-state index >= 15 is 0 Å². The van der Waals surface area contributed by atoms with Crippen molar-refractivity contribution in [2.45, 2.75) is 17.1 Å². The Morgan fingerprint density at radius 2 is 1.79 bits per heavy atom. The topological polar surface area (TPSA) is 35.2 Å². The van der Waals surface area contributed by atoms with Crippen LogP contribution in [0.15, 0.2) is 53.4 Å². The zero-order chi connectivity index (χ0) is 13.7. The average molecular weight is 273 g/mol. The van der Waals surface area contributed by atoms with E-state index in [9.17, 15) is 0 Å². The van der Waals surface area contributed by atoms with Gasteiger partial charge in [-0.05, 0) is 24.6 Å². The maximum atomic E-state index is 5.95. The molecule has 0 aliphatic heterocycles. The van der Waals surface area contributed by atoms with Crippen LogP contribution in [0.25, 0.3) is 0 Å². The first-order chi connectivity index (χ1) is 9.26. The number of hydrogen-bond donors (Lipinski definition) is 1. The van der Waals surface area contributed by atoms with Gasteiger partial charge in [0.15, 0.2) is 0 Å². The van der Waals surface area contributed by atoms with Crippen molar-refractivity contribution in [1.82, 2.24) is 0 Å². The van der Waals surface area contributed by atoms with E-state index in [2.05, 4.69) is 37.3 Å². The van der Waals surface area contributed by atoms with Crippen LogP contribution < -0.4 is 10.5 Å². The molecule has 1 atom stereocenters. The minimum absolute atomic E-state index is 0.206. The number of aryl methyl sites for hydroxylation is 1. The molecule has 0 aliphatic carbocycles. The largest absolute Gasteiger partial charge is 0.496 e. The second-order valence-corrected chi connectivity index (χ2v) is 5.59. The summed E-state index contributed by atoms with van der Waals surface area (Å²) in [5, 5.41) is 0.206. The number of ether oxygens (including phenoxy) is 1. The van der Waals surface area contributed by atoms with Crippen LogP contribution in [0, 0.1) is 6.92 Å². The molecule has 0 amide bonds. The lowest BCUT2D eigenvalue weighted by Gasteiger charge is -2.18. The molecule has 2 rings (SSSR count). The first kappa shape index (κ1) is 14.0. The van der Waals surface area contributed by atoms with Crippen molar-refractivity contribution >= 4 is 11.8 Å². The highest BCUT2D eigenvalue weighted by molar-refractivity contribution is 7.99. The summed E-state index contributed by atoms with van der Waals surface area (Å²) in [6.45, 7) is 2.71. The third kappa shape index (κ3) is 3.31. The summed E-state index contributed by atoms with van der Waals surface area (Å²) in [6.07, 6.45) is 0. The van der Waals surface area contributed by atoms with Crippen LogP contribution in [0.3, 0.4) is 0 Å². The Morgan fingerprint density at radius 3 is 2.47 bits per heavy atom. The summed E-state index contributed by atoms with van der Waals surface area (Å²) in [5.74, 6) is 0.902. The Morgan fingerprint density at radius 1 is 1.11 bits per heavy atom. The van der Waals surface area contributed by atoms with Crippen molar-refractivity contribution in [3.8, 4) is 5.75 Å². The highest BCUT2D eigenvalue weighted by atomic mass is 32.2. The second kappa shape index (κ2) is 6.64. The molecular formula is C16H19NOS. The van der Waals surface area contributed by atoms with Gasteiger partial charge in [0.2, 0.25) is 0 Å². The Hall–Kier alpha value is -1.45. The van der Waals surface area contributed by atoms with Gasteiger partial charge in [-0.2, -0.15) is 0 Å². The minimum atomic E-state index is 0.206. The molecule has 2 aromatic rings. The van der Waals surface area contributed by atoms with Crippen molar-refractivity contribution in [3.05, 3.63) is 59.7 Å². The maximum Gasteiger partial charge on any atom is 0.123 e. The van der Waals surface area contributed by atoms with Gasteiger partial charge in [0, 0.05) is 17.0 Å². The van der Waals surface area contributed by atoms with Gasteiger partial charge in [0.1, 0.15) is 5.75 Å². The molecule has 0 aliphatic rings. The number of hydrogen-bond acceptors (Lipinski definition) is 3. The molecule has 2 N–H and O–H groups in total. The third-order valence-corrected chi connectivity index (χ3v) is 4.51. The molecule has 1 unspecified atom stereocenters. The van der Waals surface area contributed by atoms with Gasteiger partial charge < -0.3 is 10.5 Å². The zero-order valence-electron chi connectivity index (χ0n) is 11.3. The first-order valence-corrected chi connectivity index (χ1v) is 7.19. The van der Waals surface area contributed by atoms with E-state index in [1.54, 1.807) is 18.9 Å². The summed E-state index contributed by atoms with van der Waals surface area (Å²) in [6, 6.07) is 16.5. The van der Waals surface area contributed by atoms with Crippen LogP contribution in [0.2, 0.25) is 0 Å². The quantitative estimate of drug-likeness (QED) is 0.842. The Labute approximate surface area is 119 Å². The molecule has 19 heavy (non-hydrogen) atoms. The predicted molar refractivity (Wildman–Crippen MR) is 81.8 cm³/mol. The molecule has 0 radical (unpaired) electrons. The molecule has 0 saturated carbocycles. The Balaban J connectivity index is 2.28. The van der Waals surface area contributed by atoms with Crippen molar-refractivity contribution in [2.75, 3.05) is 13.7 Å². The molecule has 0 saturated heterocycles. The highest BCUT2D eigenvalue weighted by Gasteiger charge is 2.16. The lowest BCUT2D eigenvalue weighted by atomic mass is 10.1. The Bertz CT molecular complexity index is 542. The molecular weight excluding hydrogens is 254 g/mol. The van der Waals surface area contributed by atoms with Crippen LogP contribution in [-0.4, -0.2) is 13.7 Å².